The molecule has 0 aliphatic carbocycles. The molecule has 2 aliphatic heterocycles. The third kappa shape index (κ3) is 3.36. The molecular formula is C12H22N2O2S. The molecule has 4 nitrogen and oxygen atoms in total. The molecule has 0 N–H and O–H groups in total. The summed E-state index contributed by atoms with van der Waals surface area (Å²) in [5, 5.41) is 0. The Kier molecular flexibility index (Phi) is 4.70. The molecule has 0 aromatic heterocycles. The van der Waals surface area contributed by atoms with Gasteiger partial charge in [-0.1, -0.05) is 0 Å². The standard InChI is InChI=1S/C12H22N2O2S/c1-10(2)14-3-6-16-11(9-14)12(15)13-4-7-17-8-5-13/h10-11H,3-9H2,1-2H3/t11-/m0/s1. The van der Waals surface area contributed by atoms with Crippen molar-refractivity contribution in [2.24, 2.45) is 0 Å². The molecule has 0 aromatic carbocycles. The number of thioether (sulfide) groups is 1. The summed E-state index contributed by atoms with van der Waals surface area (Å²) in [7, 11) is 0. The Bertz CT molecular complexity index is 267. The minimum atomic E-state index is -0.241. The van der Waals surface area contributed by atoms with Gasteiger partial charge in [0.1, 0.15) is 6.10 Å². The number of carbonyl (C=O) groups excluding carboxylic acids is 1. The van der Waals surface area contributed by atoms with Crippen LogP contribution in [0, 0.1) is 0 Å². The van der Waals surface area contributed by atoms with Gasteiger partial charge < -0.3 is 9.64 Å². The number of nitrogens with zero attached hydrogens (tertiary/aromatic N) is 2. The van der Waals surface area contributed by atoms with E-state index in [1.807, 2.05) is 16.7 Å². The number of ether oxygens (including phenoxy) is 1. The summed E-state index contributed by atoms with van der Waals surface area (Å²) in [5.74, 6) is 2.31. The molecule has 0 aromatic rings. The second kappa shape index (κ2) is 6.07. The maximum Gasteiger partial charge on any atom is 0.253 e. The van der Waals surface area contributed by atoms with Crippen LogP contribution in [0.4, 0.5) is 0 Å². The van der Waals surface area contributed by atoms with E-state index in [4.69, 9.17) is 4.74 Å². The maximum absolute atomic E-state index is 12.3. The predicted molar refractivity (Wildman–Crippen MR) is 70.4 cm³/mol. The topological polar surface area (TPSA) is 32.8 Å². The van der Waals surface area contributed by atoms with Crippen LogP contribution in [0.15, 0.2) is 0 Å². The van der Waals surface area contributed by atoms with Crippen molar-refractivity contribution in [3.8, 4) is 0 Å². The van der Waals surface area contributed by atoms with Crippen molar-refractivity contribution in [2.75, 3.05) is 44.3 Å². The van der Waals surface area contributed by atoms with E-state index < -0.39 is 0 Å². The molecule has 1 amide bonds. The third-order valence-corrected chi connectivity index (χ3v) is 4.37. The van der Waals surface area contributed by atoms with Crippen LogP contribution in [0.1, 0.15) is 13.8 Å². The fourth-order valence-electron chi connectivity index (χ4n) is 2.27. The number of rotatable bonds is 2. The van der Waals surface area contributed by atoms with Gasteiger partial charge in [0.05, 0.1) is 6.61 Å². The first kappa shape index (κ1) is 13.2. The lowest BCUT2D eigenvalue weighted by Gasteiger charge is -2.37. The van der Waals surface area contributed by atoms with Crippen molar-refractivity contribution in [3.63, 3.8) is 0 Å². The molecule has 2 fully saturated rings. The van der Waals surface area contributed by atoms with Gasteiger partial charge in [0, 0.05) is 43.7 Å². The van der Waals surface area contributed by atoms with Crippen molar-refractivity contribution >= 4 is 17.7 Å². The van der Waals surface area contributed by atoms with E-state index in [0.29, 0.717) is 12.6 Å². The summed E-state index contributed by atoms with van der Waals surface area (Å²) < 4.78 is 5.63. The molecule has 0 bridgehead atoms. The maximum atomic E-state index is 12.3. The Morgan fingerprint density at radius 3 is 2.65 bits per heavy atom. The SMILES string of the molecule is CC(C)N1CCO[C@H](C(=O)N2CCSCC2)C1. The molecule has 98 valence electrons. The van der Waals surface area contributed by atoms with Gasteiger partial charge in [0.2, 0.25) is 0 Å². The van der Waals surface area contributed by atoms with E-state index in [1.165, 1.54) is 0 Å². The number of amides is 1. The smallest absolute Gasteiger partial charge is 0.253 e. The molecule has 1 atom stereocenters. The first-order chi connectivity index (χ1) is 8.18. The van der Waals surface area contributed by atoms with Gasteiger partial charge in [0.25, 0.3) is 5.91 Å². The molecule has 2 rings (SSSR count). The Labute approximate surface area is 108 Å². The minimum Gasteiger partial charge on any atom is -0.366 e. The minimum absolute atomic E-state index is 0.190. The number of morpholine rings is 1. The van der Waals surface area contributed by atoms with E-state index in [9.17, 15) is 4.79 Å². The molecule has 0 saturated carbocycles. The van der Waals surface area contributed by atoms with Crippen LogP contribution < -0.4 is 0 Å². The number of hydrogen-bond acceptors (Lipinski definition) is 4. The second-order valence-corrected chi connectivity index (χ2v) is 6.11. The lowest BCUT2D eigenvalue weighted by Crippen LogP contribution is -2.53. The molecule has 2 saturated heterocycles. The van der Waals surface area contributed by atoms with Crippen LogP contribution in [-0.2, 0) is 9.53 Å². The Balaban J connectivity index is 1.89. The molecule has 0 unspecified atom stereocenters. The summed E-state index contributed by atoms with van der Waals surface area (Å²) in [6, 6.07) is 0.492. The fraction of sp³-hybridized carbons (Fsp3) is 0.917. The van der Waals surface area contributed by atoms with E-state index in [2.05, 4.69) is 18.7 Å². The molecule has 2 heterocycles. The van der Waals surface area contributed by atoms with Crippen LogP contribution >= 0.6 is 11.8 Å². The monoisotopic (exact) mass is 258 g/mol. The number of hydrogen-bond donors (Lipinski definition) is 0. The summed E-state index contributed by atoms with van der Waals surface area (Å²) >= 11 is 1.92. The normalized spacial score (nSPS) is 27.5. The first-order valence-electron chi connectivity index (χ1n) is 6.40. The van der Waals surface area contributed by atoms with Crippen LogP contribution in [0.5, 0.6) is 0 Å². The van der Waals surface area contributed by atoms with Crippen molar-refractivity contribution in [1.29, 1.82) is 0 Å². The van der Waals surface area contributed by atoms with Crippen molar-refractivity contribution in [2.45, 2.75) is 26.0 Å². The van der Waals surface area contributed by atoms with Crippen LogP contribution in [0.3, 0.4) is 0 Å². The predicted octanol–water partition coefficient (Wildman–Crippen LogP) is 0.671. The van der Waals surface area contributed by atoms with Crippen molar-refractivity contribution in [1.82, 2.24) is 9.80 Å². The highest BCUT2D eigenvalue weighted by molar-refractivity contribution is 7.99. The Morgan fingerprint density at radius 2 is 2.00 bits per heavy atom. The zero-order valence-corrected chi connectivity index (χ0v) is 11.5. The lowest BCUT2D eigenvalue weighted by atomic mass is 10.2. The Hall–Kier alpha value is -0.260. The summed E-state index contributed by atoms with van der Waals surface area (Å²) in [6.45, 7) is 8.47. The Morgan fingerprint density at radius 1 is 1.29 bits per heavy atom. The van der Waals surface area contributed by atoms with Gasteiger partial charge in [-0.05, 0) is 13.8 Å². The highest BCUT2D eigenvalue weighted by atomic mass is 32.2. The average Bonchev–Trinajstić information content (AvgIpc) is 2.39. The summed E-state index contributed by atoms with van der Waals surface area (Å²) in [6.07, 6.45) is -0.241. The van der Waals surface area contributed by atoms with Crippen LogP contribution in [-0.4, -0.2) is 72.1 Å². The van der Waals surface area contributed by atoms with Gasteiger partial charge in [0.15, 0.2) is 0 Å². The van der Waals surface area contributed by atoms with Crippen LogP contribution in [0.2, 0.25) is 0 Å². The zero-order valence-electron chi connectivity index (χ0n) is 10.7. The fourth-order valence-corrected chi connectivity index (χ4v) is 3.18. The molecule has 5 heteroatoms. The van der Waals surface area contributed by atoms with Crippen molar-refractivity contribution in [3.05, 3.63) is 0 Å². The first-order valence-corrected chi connectivity index (χ1v) is 7.56. The van der Waals surface area contributed by atoms with Crippen LogP contribution in [0.25, 0.3) is 0 Å². The largest absolute Gasteiger partial charge is 0.366 e. The molecule has 0 radical (unpaired) electrons. The van der Waals surface area contributed by atoms with E-state index in [1.54, 1.807) is 0 Å². The molecular weight excluding hydrogens is 236 g/mol. The van der Waals surface area contributed by atoms with Gasteiger partial charge in [-0.15, -0.1) is 0 Å². The highest BCUT2D eigenvalue weighted by Crippen LogP contribution is 2.15. The average molecular weight is 258 g/mol. The lowest BCUT2D eigenvalue weighted by molar-refractivity contribution is -0.149. The van der Waals surface area contributed by atoms with Gasteiger partial charge in [-0.25, -0.2) is 0 Å². The van der Waals surface area contributed by atoms with Crippen molar-refractivity contribution < 1.29 is 9.53 Å². The molecule has 0 spiro atoms. The highest BCUT2D eigenvalue weighted by Gasteiger charge is 2.31. The van der Waals surface area contributed by atoms with Gasteiger partial charge in [-0.3, -0.25) is 9.69 Å². The second-order valence-electron chi connectivity index (χ2n) is 4.89. The van der Waals surface area contributed by atoms with E-state index in [0.717, 1.165) is 37.7 Å². The van der Waals surface area contributed by atoms with E-state index >= 15 is 0 Å². The molecule has 17 heavy (non-hydrogen) atoms. The van der Waals surface area contributed by atoms with Gasteiger partial charge >= 0.3 is 0 Å². The quantitative estimate of drug-likeness (QED) is 0.729. The van der Waals surface area contributed by atoms with Gasteiger partial charge in [-0.2, -0.15) is 11.8 Å². The summed E-state index contributed by atoms with van der Waals surface area (Å²) in [5.41, 5.74) is 0. The number of carbonyl (C=O) groups is 1. The van der Waals surface area contributed by atoms with E-state index in [-0.39, 0.29) is 12.0 Å². The molecule has 2 aliphatic rings. The summed E-state index contributed by atoms with van der Waals surface area (Å²) in [4.78, 5) is 16.6. The zero-order chi connectivity index (χ0) is 12.3. The third-order valence-electron chi connectivity index (χ3n) is 3.43.